The lowest BCUT2D eigenvalue weighted by Gasteiger charge is -2.32. The molecule has 0 fully saturated rings. The molecule has 8 heteroatoms. The number of aliphatic imine (C=N–C) groups is 1. The van der Waals surface area contributed by atoms with Crippen LogP contribution in [0.2, 0.25) is 0 Å². The van der Waals surface area contributed by atoms with E-state index in [1.807, 2.05) is 36.4 Å². The summed E-state index contributed by atoms with van der Waals surface area (Å²) in [5.41, 5.74) is 3.55. The zero-order valence-corrected chi connectivity index (χ0v) is 20.6. The molecule has 31 heavy (non-hydrogen) atoms. The Morgan fingerprint density at radius 2 is 1.74 bits per heavy atom. The summed E-state index contributed by atoms with van der Waals surface area (Å²) in [5, 5.41) is 6.26. The maximum absolute atomic E-state index is 12.1. The van der Waals surface area contributed by atoms with E-state index in [2.05, 4.69) is 26.6 Å². The van der Waals surface area contributed by atoms with Gasteiger partial charge in [0.05, 0.1) is 14.2 Å². The Balaban J connectivity index is 0.00000341. The highest BCUT2D eigenvalue weighted by Crippen LogP contribution is 2.33. The van der Waals surface area contributed by atoms with Crippen LogP contribution in [0.15, 0.2) is 47.5 Å². The molecule has 0 radical (unpaired) electrons. The number of halogens is 1. The average Bonchev–Trinajstić information content (AvgIpc) is 2.79. The summed E-state index contributed by atoms with van der Waals surface area (Å²) in [6, 6.07) is 14.0. The van der Waals surface area contributed by atoms with Crippen molar-refractivity contribution >= 4 is 35.8 Å². The molecule has 0 unspecified atom stereocenters. The van der Waals surface area contributed by atoms with E-state index in [1.54, 1.807) is 21.3 Å². The second-order valence-electron chi connectivity index (χ2n) is 7.13. The second-order valence-corrected chi connectivity index (χ2v) is 7.13. The number of amides is 1. The van der Waals surface area contributed by atoms with E-state index in [0.29, 0.717) is 19.5 Å². The van der Waals surface area contributed by atoms with E-state index in [1.165, 1.54) is 11.1 Å². The number of nitrogens with zero attached hydrogens (tertiary/aromatic N) is 2. The molecule has 0 saturated carbocycles. The van der Waals surface area contributed by atoms with Crippen LogP contribution in [0.1, 0.15) is 23.1 Å². The third kappa shape index (κ3) is 6.75. The fourth-order valence-electron chi connectivity index (χ4n) is 3.57. The molecular weight excluding hydrogens is 507 g/mol. The van der Waals surface area contributed by atoms with Gasteiger partial charge in [0.1, 0.15) is 0 Å². The van der Waals surface area contributed by atoms with Gasteiger partial charge < -0.3 is 25.0 Å². The minimum absolute atomic E-state index is 0. The number of fused-ring (bicyclic) bond motifs is 1. The van der Waals surface area contributed by atoms with Gasteiger partial charge in [-0.25, -0.2) is 0 Å². The number of nitrogens with one attached hydrogen (secondary N) is 2. The van der Waals surface area contributed by atoms with Gasteiger partial charge in [-0.3, -0.25) is 9.79 Å². The monoisotopic (exact) mass is 538 g/mol. The maximum Gasteiger partial charge on any atom is 0.222 e. The number of guanidine groups is 1. The first-order valence-corrected chi connectivity index (χ1v) is 10.1. The van der Waals surface area contributed by atoms with Crippen LogP contribution in [0.5, 0.6) is 11.5 Å². The molecule has 168 valence electrons. The average molecular weight is 538 g/mol. The molecule has 0 aliphatic carbocycles. The Labute approximate surface area is 201 Å². The van der Waals surface area contributed by atoms with Crippen molar-refractivity contribution in [2.75, 3.05) is 34.4 Å². The van der Waals surface area contributed by atoms with Crippen LogP contribution in [0.25, 0.3) is 0 Å². The molecule has 1 heterocycles. The van der Waals surface area contributed by atoms with Crippen molar-refractivity contribution in [3.05, 3.63) is 59.2 Å². The van der Waals surface area contributed by atoms with E-state index in [9.17, 15) is 4.79 Å². The Morgan fingerprint density at radius 3 is 2.39 bits per heavy atom. The van der Waals surface area contributed by atoms with Gasteiger partial charge in [0.15, 0.2) is 17.5 Å². The third-order valence-electron chi connectivity index (χ3n) is 5.20. The Hall–Kier alpha value is -2.49. The number of carbonyl (C=O) groups is 1. The topological polar surface area (TPSA) is 75.2 Å². The minimum Gasteiger partial charge on any atom is -0.493 e. The van der Waals surface area contributed by atoms with Gasteiger partial charge in [0.2, 0.25) is 5.91 Å². The molecule has 0 spiro atoms. The summed E-state index contributed by atoms with van der Waals surface area (Å²) in [6.45, 7) is 2.66. The van der Waals surface area contributed by atoms with Crippen LogP contribution < -0.4 is 20.1 Å². The minimum atomic E-state index is 0. The summed E-state index contributed by atoms with van der Waals surface area (Å²) in [5.74, 6) is 2.30. The molecule has 2 N–H and O–H groups in total. The van der Waals surface area contributed by atoms with Gasteiger partial charge in [-0.15, -0.1) is 24.0 Å². The Kier molecular flexibility index (Phi) is 9.90. The lowest BCUT2D eigenvalue weighted by atomic mass is 9.99. The summed E-state index contributed by atoms with van der Waals surface area (Å²) < 4.78 is 10.8. The highest BCUT2D eigenvalue weighted by Gasteiger charge is 2.21. The first-order valence-electron chi connectivity index (χ1n) is 10.1. The van der Waals surface area contributed by atoms with Crippen molar-refractivity contribution in [1.82, 2.24) is 15.5 Å². The molecule has 0 saturated heterocycles. The maximum atomic E-state index is 12.1. The van der Waals surface area contributed by atoms with E-state index >= 15 is 0 Å². The highest BCUT2D eigenvalue weighted by molar-refractivity contribution is 14.0. The predicted octanol–water partition coefficient (Wildman–Crippen LogP) is 2.96. The van der Waals surface area contributed by atoms with Gasteiger partial charge in [-0.1, -0.05) is 30.3 Å². The van der Waals surface area contributed by atoms with Gasteiger partial charge in [-0.2, -0.15) is 0 Å². The number of ether oxygens (including phenoxy) is 2. The van der Waals surface area contributed by atoms with Crippen molar-refractivity contribution in [3.63, 3.8) is 0 Å². The number of methoxy groups -OCH3 is 2. The predicted molar refractivity (Wildman–Crippen MR) is 133 cm³/mol. The largest absolute Gasteiger partial charge is 0.493 e. The smallest absolute Gasteiger partial charge is 0.222 e. The van der Waals surface area contributed by atoms with E-state index in [-0.39, 0.29) is 29.9 Å². The van der Waals surface area contributed by atoms with E-state index < -0.39 is 0 Å². The number of rotatable bonds is 7. The van der Waals surface area contributed by atoms with Crippen molar-refractivity contribution in [3.8, 4) is 11.5 Å². The quantitative estimate of drug-likeness (QED) is 0.322. The fourth-order valence-corrected chi connectivity index (χ4v) is 3.57. The standard InChI is InChI=1S/C23H30N4O3.HI/c1-24-23(25-11-9-22(28)26-15-17-7-5-4-6-8-17)27-12-10-18-13-20(29-2)21(30-3)14-19(18)16-27;/h4-8,13-14H,9-12,15-16H2,1-3H3,(H,24,25)(H,26,28);1H. The lowest BCUT2D eigenvalue weighted by Crippen LogP contribution is -2.45. The molecule has 0 bridgehead atoms. The van der Waals surface area contributed by atoms with E-state index in [0.717, 1.165) is 42.5 Å². The lowest BCUT2D eigenvalue weighted by molar-refractivity contribution is -0.121. The highest BCUT2D eigenvalue weighted by atomic mass is 127. The van der Waals surface area contributed by atoms with Crippen LogP contribution in [0, 0.1) is 0 Å². The first kappa shape index (κ1) is 24.8. The molecule has 1 aliphatic rings. The second kappa shape index (κ2) is 12.4. The molecule has 7 nitrogen and oxygen atoms in total. The summed E-state index contributed by atoms with van der Waals surface area (Å²) >= 11 is 0. The van der Waals surface area contributed by atoms with Gasteiger partial charge in [0.25, 0.3) is 0 Å². The van der Waals surface area contributed by atoms with Crippen LogP contribution in [-0.2, 0) is 24.3 Å². The molecule has 1 amide bonds. The van der Waals surface area contributed by atoms with Crippen LogP contribution >= 0.6 is 24.0 Å². The summed E-state index contributed by atoms with van der Waals surface area (Å²) in [4.78, 5) is 18.7. The number of hydrogen-bond acceptors (Lipinski definition) is 4. The first-order chi connectivity index (χ1) is 14.6. The van der Waals surface area contributed by atoms with Crippen molar-refractivity contribution in [1.29, 1.82) is 0 Å². The Morgan fingerprint density at radius 1 is 1.06 bits per heavy atom. The van der Waals surface area contributed by atoms with Gasteiger partial charge in [0, 0.05) is 39.6 Å². The van der Waals surface area contributed by atoms with Gasteiger partial charge >= 0.3 is 0 Å². The van der Waals surface area contributed by atoms with Gasteiger partial charge in [-0.05, 0) is 35.2 Å². The normalized spacial score (nSPS) is 13.0. The molecule has 0 atom stereocenters. The molecule has 1 aliphatic heterocycles. The number of carbonyl (C=O) groups excluding carboxylic acids is 1. The van der Waals surface area contributed by atoms with Crippen molar-refractivity contribution in [2.24, 2.45) is 4.99 Å². The van der Waals surface area contributed by atoms with Crippen LogP contribution in [-0.4, -0.2) is 51.1 Å². The number of benzene rings is 2. The zero-order valence-electron chi connectivity index (χ0n) is 18.3. The molecule has 2 aromatic carbocycles. The third-order valence-corrected chi connectivity index (χ3v) is 5.20. The SMILES string of the molecule is CN=C(NCCC(=O)NCc1ccccc1)N1CCc2cc(OC)c(OC)cc2C1.I. The summed E-state index contributed by atoms with van der Waals surface area (Å²) in [7, 11) is 5.07. The zero-order chi connectivity index (χ0) is 21.3. The van der Waals surface area contributed by atoms with Crippen LogP contribution in [0.3, 0.4) is 0 Å². The van der Waals surface area contributed by atoms with Crippen molar-refractivity contribution < 1.29 is 14.3 Å². The molecule has 2 aromatic rings. The summed E-state index contributed by atoms with van der Waals surface area (Å²) in [6.07, 6.45) is 1.29. The number of hydrogen-bond donors (Lipinski definition) is 2. The molecular formula is C23H31IN4O3. The molecule has 0 aromatic heterocycles. The van der Waals surface area contributed by atoms with E-state index in [4.69, 9.17) is 9.47 Å². The van der Waals surface area contributed by atoms with Crippen LogP contribution in [0.4, 0.5) is 0 Å². The molecule has 3 rings (SSSR count). The fraction of sp³-hybridized carbons (Fsp3) is 0.391. The van der Waals surface area contributed by atoms with Crippen molar-refractivity contribution in [2.45, 2.75) is 25.9 Å². The Bertz CT molecular complexity index is 890.